The van der Waals surface area contributed by atoms with Crippen molar-refractivity contribution >= 4 is 39.1 Å². The van der Waals surface area contributed by atoms with Crippen molar-refractivity contribution in [2.75, 3.05) is 6.54 Å². The molecule has 0 spiro atoms. The van der Waals surface area contributed by atoms with Crippen LogP contribution in [0.2, 0.25) is 10.0 Å². The second-order valence-electron chi connectivity index (χ2n) is 4.72. The molecule has 1 nitrogen and oxygen atoms in total. The predicted octanol–water partition coefficient (Wildman–Crippen LogP) is 5.79. The molecule has 0 radical (unpaired) electrons. The van der Waals surface area contributed by atoms with E-state index in [1.165, 1.54) is 12.1 Å². The molecular weight excluding hydrogens is 376 g/mol. The minimum Gasteiger partial charge on any atom is -0.310 e. The summed E-state index contributed by atoms with van der Waals surface area (Å²) in [5, 5.41) is 4.53. The first kappa shape index (κ1) is 16.8. The van der Waals surface area contributed by atoms with E-state index in [9.17, 15) is 4.39 Å². The number of hydrogen-bond donors (Lipinski definition) is 1. The number of nitrogens with one attached hydrogen (secondary N) is 1. The standard InChI is InChI=1S/C16H15BrCl2FN/c1-2-21-16(13-8-11(17)4-6-14(13)18)7-10-3-5-12(20)9-15(10)19/h3-6,8-9,16,21H,2,7H2,1H3. The van der Waals surface area contributed by atoms with Crippen LogP contribution in [0, 0.1) is 5.82 Å². The van der Waals surface area contributed by atoms with Crippen molar-refractivity contribution < 1.29 is 4.39 Å². The molecule has 0 aromatic heterocycles. The Morgan fingerprint density at radius 1 is 1.14 bits per heavy atom. The monoisotopic (exact) mass is 389 g/mol. The van der Waals surface area contributed by atoms with Gasteiger partial charge in [-0.3, -0.25) is 0 Å². The van der Waals surface area contributed by atoms with Crippen molar-refractivity contribution in [3.8, 4) is 0 Å². The highest BCUT2D eigenvalue weighted by Crippen LogP contribution is 2.30. The molecule has 2 aromatic rings. The molecule has 2 aromatic carbocycles. The molecule has 0 saturated carbocycles. The van der Waals surface area contributed by atoms with Gasteiger partial charge in [-0.15, -0.1) is 0 Å². The highest BCUT2D eigenvalue weighted by molar-refractivity contribution is 9.10. The second-order valence-corrected chi connectivity index (χ2v) is 6.45. The zero-order valence-corrected chi connectivity index (χ0v) is 14.6. The third kappa shape index (κ3) is 4.43. The molecule has 0 bridgehead atoms. The van der Waals surface area contributed by atoms with Crippen molar-refractivity contribution in [1.82, 2.24) is 5.32 Å². The molecule has 0 amide bonds. The van der Waals surface area contributed by atoms with Gasteiger partial charge in [0.1, 0.15) is 5.82 Å². The molecule has 2 rings (SSSR count). The van der Waals surface area contributed by atoms with Crippen LogP contribution in [-0.4, -0.2) is 6.54 Å². The quantitative estimate of drug-likeness (QED) is 0.681. The van der Waals surface area contributed by atoms with Gasteiger partial charge in [0.05, 0.1) is 0 Å². The van der Waals surface area contributed by atoms with Gasteiger partial charge in [-0.05, 0) is 54.4 Å². The summed E-state index contributed by atoms with van der Waals surface area (Å²) in [6.07, 6.45) is 0.642. The highest BCUT2D eigenvalue weighted by atomic mass is 79.9. The number of benzene rings is 2. The smallest absolute Gasteiger partial charge is 0.124 e. The van der Waals surface area contributed by atoms with Crippen molar-refractivity contribution in [2.24, 2.45) is 0 Å². The Bertz CT molecular complexity index is 634. The maximum Gasteiger partial charge on any atom is 0.124 e. The van der Waals surface area contributed by atoms with Crippen molar-refractivity contribution in [3.05, 3.63) is 67.9 Å². The maximum absolute atomic E-state index is 13.1. The molecule has 0 fully saturated rings. The number of rotatable bonds is 5. The largest absolute Gasteiger partial charge is 0.310 e. The summed E-state index contributed by atoms with van der Waals surface area (Å²) in [5.41, 5.74) is 1.88. The minimum absolute atomic E-state index is 0.0166. The first-order valence-corrected chi connectivity index (χ1v) is 8.18. The lowest BCUT2D eigenvalue weighted by atomic mass is 9.98. The van der Waals surface area contributed by atoms with Gasteiger partial charge >= 0.3 is 0 Å². The molecule has 0 saturated heterocycles. The predicted molar refractivity (Wildman–Crippen MR) is 90.7 cm³/mol. The second kappa shape index (κ2) is 7.59. The number of hydrogen-bond acceptors (Lipinski definition) is 1. The Kier molecular flexibility index (Phi) is 6.06. The lowest BCUT2D eigenvalue weighted by Gasteiger charge is -2.20. The molecule has 0 aliphatic rings. The summed E-state index contributed by atoms with van der Waals surface area (Å²) in [4.78, 5) is 0. The van der Waals surface area contributed by atoms with Crippen LogP contribution < -0.4 is 5.32 Å². The molecular formula is C16H15BrCl2FN. The van der Waals surface area contributed by atoms with E-state index >= 15 is 0 Å². The molecule has 0 aliphatic heterocycles. The van der Waals surface area contributed by atoms with Gasteiger partial charge in [-0.25, -0.2) is 4.39 Å². The van der Waals surface area contributed by atoms with Gasteiger partial charge in [0.2, 0.25) is 0 Å². The molecule has 0 heterocycles. The zero-order chi connectivity index (χ0) is 15.4. The van der Waals surface area contributed by atoms with Crippen LogP contribution in [0.25, 0.3) is 0 Å². The molecule has 1 unspecified atom stereocenters. The fraction of sp³-hybridized carbons (Fsp3) is 0.250. The molecule has 1 atom stereocenters. The molecule has 5 heteroatoms. The van der Waals surface area contributed by atoms with Crippen LogP contribution in [0.1, 0.15) is 24.1 Å². The fourth-order valence-electron chi connectivity index (χ4n) is 2.23. The average molecular weight is 391 g/mol. The lowest BCUT2D eigenvalue weighted by Crippen LogP contribution is -2.23. The van der Waals surface area contributed by atoms with Crippen molar-refractivity contribution in [2.45, 2.75) is 19.4 Å². The van der Waals surface area contributed by atoms with E-state index in [1.54, 1.807) is 6.07 Å². The van der Waals surface area contributed by atoms with E-state index < -0.39 is 0 Å². The summed E-state index contributed by atoms with van der Waals surface area (Å²) in [6, 6.07) is 10.2. The molecule has 0 aliphatic carbocycles. The summed E-state index contributed by atoms with van der Waals surface area (Å²) in [5.74, 6) is -0.329. The lowest BCUT2D eigenvalue weighted by molar-refractivity contribution is 0.548. The first-order chi connectivity index (χ1) is 10.0. The Labute approximate surface area is 142 Å². The van der Waals surface area contributed by atoms with E-state index in [2.05, 4.69) is 21.2 Å². The van der Waals surface area contributed by atoms with Crippen LogP contribution in [0.4, 0.5) is 4.39 Å². The topological polar surface area (TPSA) is 12.0 Å². The number of likely N-dealkylation sites (N-methyl/N-ethyl adjacent to an activating group) is 1. The average Bonchev–Trinajstić information content (AvgIpc) is 2.44. The van der Waals surface area contributed by atoms with Gasteiger partial charge in [0.25, 0.3) is 0 Å². The van der Waals surface area contributed by atoms with Gasteiger partial charge in [0, 0.05) is 20.6 Å². The Morgan fingerprint density at radius 2 is 1.90 bits per heavy atom. The molecule has 1 N–H and O–H groups in total. The maximum atomic E-state index is 13.1. The summed E-state index contributed by atoms with van der Waals surface area (Å²) >= 11 is 15.9. The SMILES string of the molecule is CCNC(Cc1ccc(F)cc1Cl)c1cc(Br)ccc1Cl. The highest BCUT2D eigenvalue weighted by Gasteiger charge is 2.16. The molecule has 112 valence electrons. The van der Waals surface area contributed by atoms with Crippen LogP contribution in [-0.2, 0) is 6.42 Å². The third-order valence-corrected chi connectivity index (χ3v) is 4.41. The van der Waals surface area contributed by atoms with Crippen LogP contribution in [0.5, 0.6) is 0 Å². The normalized spacial score (nSPS) is 12.4. The van der Waals surface area contributed by atoms with Crippen LogP contribution >= 0.6 is 39.1 Å². The van der Waals surface area contributed by atoms with E-state index in [-0.39, 0.29) is 11.9 Å². The Morgan fingerprint density at radius 3 is 2.57 bits per heavy atom. The summed E-state index contributed by atoms with van der Waals surface area (Å²) in [7, 11) is 0. The van der Waals surface area contributed by atoms with Crippen molar-refractivity contribution in [3.63, 3.8) is 0 Å². The van der Waals surface area contributed by atoms with Gasteiger partial charge in [0.15, 0.2) is 0 Å². The Hall–Kier alpha value is -0.610. The van der Waals surface area contributed by atoms with Gasteiger partial charge in [-0.2, -0.15) is 0 Å². The van der Waals surface area contributed by atoms with E-state index in [0.29, 0.717) is 16.5 Å². The summed E-state index contributed by atoms with van der Waals surface area (Å²) in [6.45, 7) is 2.83. The minimum atomic E-state index is -0.329. The zero-order valence-electron chi connectivity index (χ0n) is 11.5. The van der Waals surface area contributed by atoms with Gasteiger partial charge < -0.3 is 5.32 Å². The van der Waals surface area contributed by atoms with E-state index in [4.69, 9.17) is 23.2 Å². The Balaban J connectivity index is 2.32. The van der Waals surface area contributed by atoms with E-state index in [0.717, 1.165) is 22.1 Å². The van der Waals surface area contributed by atoms with Crippen LogP contribution in [0.3, 0.4) is 0 Å². The fourth-order valence-corrected chi connectivity index (χ4v) is 3.10. The van der Waals surface area contributed by atoms with Crippen molar-refractivity contribution in [1.29, 1.82) is 0 Å². The van der Waals surface area contributed by atoms with Crippen LogP contribution in [0.15, 0.2) is 40.9 Å². The third-order valence-electron chi connectivity index (χ3n) is 3.22. The first-order valence-electron chi connectivity index (χ1n) is 6.63. The summed E-state index contributed by atoms with van der Waals surface area (Å²) < 4.78 is 14.1. The van der Waals surface area contributed by atoms with E-state index in [1.807, 2.05) is 25.1 Å². The van der Waals surface area contributed by atoms with Gasteiger partial charge in [-0.1, -0.05) is 52.1 Å². The number of halogens is 4. The molecule has 21 heavy (non-hydrogen) atoms.